The van der Waals surface area contributed by atoms with Crippen molar-refractivity contribution in [3.05, 3.63) is 23.8 Å². The van der Waals surface area contributed by atoms with Gasteiger partial charge in [0.2, 0.25) is 0 Å². The summed E-state index contributed by atoms with van der Waals surface area (Å²) >= 11 is 0. The third kappa shape index (κ3) is 3.15. The second-order valence-corrected chi connectivity index (χ2v) is 5.57. The van der Waals surface area contributed by atoms with E-state index in [0.29, 0.717) is 18.6 Å². The van der Waals surface area contributed by atoms with Crippen LogP contribution in [0.1, 0.15) is 39.2 Å². The first-order valence-corrected chi connectivity index (χ1v) is 6.49. The Morgan fingerprint density at radius 3 is 2.53 bits per heavy atom. The molecular formula is C15H22O2. The third-order valence-electron chi connectivity index (χ3n) is 3.22. The van der Waals surface area contributed by atoms with Gasteiger partial charge in [-0.2, -0.15) is 0 Å². The highest BCUT2D eigenvalue weighted by Crippen LogP contribution is 2.34. The number of fused-ring (bicyclic) bond motifs is 1. The molecule has 94 valence electrons. The van der Waals surface area contributed by atoms with Crippen LogP contribution in [0, 0.1) is 5.41 Å². The van der Waals surface area contributed by atoms with Gasteiger partial charge in [-0.15, -0.1) is 0 Å². The normalized spacial score (nSPS) is 14.8. The van der Waals surface area contributed by atoms with Crippen LogP contribution in [-0.2, 0) is 6.42 Å². The van der Waals surface area contributed by atoms with Gasteiger partial charge in [0.05, 0.1) is 0 Å². The van der Waals surface area contributed by atoms with Gasteiger partial charge in [0.15, 0.2) is 11.5 Å². The van der Waals surface area contributed by atoms with Gasteiger partial charge in [0, 0.05) is 0 Å². The van der Waals surface area contributed by atoms with Crippen LogP contribution < -0.4 is 9.47 Å². The second-order valence-electron chi connectivity index (χ2n) is 5.57. The average Bonchev–Trinajstić information content (AvgIpc) is 2.28. The number of rotatable bonds is 4. The van der Waals surface area contributed by atoms with Gasteiger partial charge in [-0.25, -0.2) is 0 Å². The van der Waals surface area contributed by atoms with E-state index in [9.17, 15) is 0 Å². The summed E-state index contributed by atoms with van der Waals surface area (Å²) in [6.45, 7) is 8.22. The van der Waals surface area contributed by atoms with E-state index in [-0.39, 0.29) is 0 Å². The first-order valence-electron chi connectivity index (χ1n) is 6.49. The lowest BCUT2D eigenvalue weighted by molar-refractivity contribution is 0.171. The largest absolute Gasteiger partial charge is 0.486 e. The van der Waals surface area contributed by atoms with Gasteiger partial charge in [-0.3, -0.25) is 0 Å². The van der Waals surface area contributed by atoms with Crippen molar-refractivity contribution in [3.8, 4) is 11.5 Å². The predicted octanol–water partition coefficient (Wildman–Crippen LogP) is 3.83. The van der Waals surface area contributed by atoms with Gasteiger partial charge < -0.3 is 9.47 Å². The standard InChI is InChI=1S/C15H22O2/c1-4-7-15(2,3)11-12-5-6-13-14(10-12)17-9-8-16-13/h5-6,10H,4,7-9,11H2,1-3H3. The van der Waals surface area contributed by atoms with E-state index in [1.54, 1.807) is 0 Å². The van der Waals surface area contributed by atoms with E-state index in [1.165, 1.54) is 18.4 Å². The van der Waals surface area contributed by atoms with Crippen molar-refractivity contribution in [2.24, 2.45) is 5.41 Å². The van der Waals surface area contributed by atoms with Gasteiger partial charge in [0.25, 0.3) is 0 Å². The summed E-state index contributed by atoms with van der Waals surface area (Å²) in [4.78, 5) is 0. The molecule has 0 saturated carbocycles. The van der Waals surface area contributed by atoms with Crippen LogP contribution in [0.5, 0.6) is 11.5 Å². The molecule has 0 N–H and O–H groups in total. The van der Waals surface area contributed by atoms with Crippen molar-refractivity contribution in [3.63, 3.8) is 0 Å². The molecule has 0 aliphatic carbocycles. The minimum Gasteiger partial charge on any atom is -0.486 e. The van der Waals surface area contributed by atoms with Crippen molar-refractivity contribution >= 4 is 0 Å². The summed E-state index contributed by atoms with van der Waals surface area (Å²) in [5.41, 5.74) is 1.70. The molecule has 0 bridgehead atoms. The molecule has 0 unspecified atom stereocenters. The molecule has 1 heterocycles. The van der Waals surface area contributed by atoms with Gasteiger partial charge in [0.1, 0.15) is 13.2 Å². The zero-order chi connectivity index (χ0) is 12.3. The maximum atomic E-state index is 5.61. The summed E-state index contributed by atoms with van der Waals surface area (Å²) in [5.74, 6) is 1.79. The van der Waals surface area contributed by atoms with Crippen LogP contribution in [0.4, 0.5) is 0 Å². The maximum Gasteiger partial charge on any atom is 0.161 e. The van der Waals surface area contributed by atoms with Crippen molar-refractivity contribution < 1.29 is 9.47 Å². The molecule has 0 spiro atoms. The molecule has 2 heteroatoms. The van der Waals surface area contributed by atoms with E-state index < -0.39 is 0 Å². The van der Waals surface area contributed by atoms with E-state index in [2.05, 4.69) is 32.9 Å². The number of hydrogen-bond donors (Lipinski definition) is 0. The molecule has 0 fully saturated rings. The predicted molar refractivity (Wildman–Crippen MR) is 69.8 cm³/mol. The molecule has 0 aromatic heterocycles. The van der Waals surface area contributed by atoms with Crippen LogP contribution in [0.2, 0.25) is 0 Å². The fourth-order valence-electron chi connectivity index (χ4n) is 2.52. The van der Waals surface area contributed by atoms with Gasteiger partial charge in [-0.1, -0.05) is 33.3 Å². The van der Waals surface area contributed by atoms with Crippen LogP contribution in [0.25, 0.3) is 0 Å². The van der Waals surface area contributed by atoms with E-state index >= 15 is 0 Å². The Morgan fingerprint density at radius 1 is 1.12 bits per heavy atom. The smallest absolute Gasteiger partial charge is 0.161 e. The number of benzene rings is 1. The molecule has 2 nitrogen and oxygen atoms in total. The first kappa shape index (κ1) is 12.3. The lowest BCUT2D eigenvalue weighted by Gasteiger charge is -2.25. The molecule has 17 heavy (non-hydrogen) atoms. The SMILES string of the molecule is CCCC(C)(C)Cc1ccc2c(c1)OCCO2. The average molecular weight is 234 g/mol. The zero-order valence-electron chi connectivity index (χ0n) is 11.1. The Kier molecular flexibility index (Phi) is 3.60. The lowest BCUT2D eigenvalue weighted by Crippen LogP contribution is -2.17. The monoisotopic (exact) mass is 234 g/mol. The third-order valence-corrected chi connectivity index (χ3v) is 3.22. The molecule has 0 radical (unpaired) electrons. The molecule has 2 rings (SSSR count). The van der Waals surface area contributed by atoms with Crippen LogP contribution in [-0.4, -0.2) is 13.2 Å². The minimum absolute atomic E-state index is 0.360. The zero-order valence-corrected chi connectivity index (χ0v) is 11.1. The summed E-state index contributed by atoms with van der Waals surface area (Å²) in [5, 5.41) is 0. The fourth-order valence-corrected chi connectivity index (χ4v) is 2.52. The first-order chi connectivity index (χ1) is 8.11. The fraction of sp³-hybridized carbons (Fsp3) is 0.600. The van der Waals surface area contributed by atoms with E-state index in [0.717, 1.165) is 17.9 Å². The van der Waals surface area contributed by atoms with Crippen molar-refractivity contribution in [1.82, 2.24) is 0 Å². The molecule has 1 aromatic carbocycles. The minimum atomic E-state index is 0.360. The number of ether oxygens (including phenoxy) is 2. The summed E-state index contributed by atoms with van der Waals surface area (Å²) in [6.07, 6.45) is 3.58. The number of hydrogen-bond acceptors (Lipinski definition) is 2. The molecule has 1 aromatic rings. The molecule has 0 atom stereocenters. The molecule has 1 aliphatic rings. The van der Waals surface area contributed by atoms with Gasteiger partial charge in [-0.05, 0) is 36.0 Å². The van der Waals surface area contributed by atoms with Crippen LogP contribution >= 0.6 is 0 Å². The molecular weight excluding hydrogens is 212 g/mol. The summed E-state index contributed by atoms with van der Waals surface area (Å²) in [6, 6.07) is 6.32. The Labute approximate surface area is 104 Å². The quantitative estimate of drug-likeness (QED) is 0.788. The topological polar surface area (TPSA) is 18.5 Å². The maximum absolute atomic E-state index is 5.61. The Hall–Kier alpha value is -1.18. The van der Waals surface area contributed by atoms with Crippen LogP contribution in [0.15, 0.2) is 18.2 Å². The molecule has 0 amide bonds. The Morgan fingerprint density at radius 2 is 1.82 bits per heavy atom. The summed E-state index contributed by atoms with van der Waals surface area (Å²) in [7, 11) is 0. The molecule has 0 saturated heterocycles. The van der Waals surface area contributed by atoms with Crippen LogP contribution in [0.3, 0.4) is 0 Å². The summed E-state index contributed by atoms with van der Waals surface area (Å²) < 4.78 is 11.1. The van der Waals surface area contributed by atoms with Crippen molar-refractivity contribution in [2.45, 2.75) is 40.0 Å². The Bertz CT molecular complexity index is 383. The highest BCUT2D eigenvalue weighted by Gasteiger charge is 2.19. The highest BCUT2D eigenvalue weighted by molar-refractivity contribution is 5.44. The van der Waals surface area contributed by atoms with Gasteiger partial charge >= 0.3 is 0 Å². The lowest BCUT2D eigenvalue weighted by atomic mass is 9.82. The van der Waals surface area contributed by atoms with Crippen molar-refractivity contribution in [2.75, 3.05) is 13.2 Å². The Balaban J connectivity index is 2.11. The second kappa shape index (κ2) is 4.99. The van der Waals surface area contributed by atoms with Crippen molar-refractivity contribution in [1.29, 1.82) is 0 Å². The highest BCUT2D eigenvalue weighted by atomic mass is 16.6. The van der Waals surface area contributed by atoms with E-state index in [1.807, 2.05) is 6.07 Å². The van der Waals surface area contributed by atoms with E-state index in [4.69, 9.17) is 9.47 Å². The molecule has 1 aliphatic heterocycles.